The van der Waals surface area contributed by atoms with Crippen LogP contribution in [-0.4, -0.2) is 42.0 Å². The van der Waals surface area contributed by atoms with Crippen LogP contribution in [-0.2, 0) is 4.79 Å². The van der Waals surface area contributed by atoms with Crippen LogP contribution < -0.4 is 11.1 Å². The molecule has 4 nitrogen and oxygen atoms in total. The monoisotopic (exact) mass is 211 g/mol. The molecule has 1 saturated heterocycles. The van der Waals surface area contributed by atoms with Crippen molar-refractivity contribution in [2.24, 2.45) is 5.73 Å². The van der Waals surface area contributed by atoms with Crippen molar-refractivity contribution in [2.75, 3.05) is 13.1 Å². The molecular weight excluding hydrogens is 190 g/mol. The van der Waals surface area contributed by atoms with Crippen LogP contribution in [0.15, 0.2) is 0 Å². The number of carbonyl (C=O) groups is 1. The number of amides is 1. The number of nitrogens with two attached hydrogens (primary N) is 1. The van der Waals surface area contributed by atoms with E-state index in [9.17, 15) is 4.79 Å². The van der Waals surface area contributed by atoms with E-state index in [1.54, 1.807) is 0 Å². The third-order valence-electron chi connectivity index (χ3n) is 3.67. The minimum Gasteiger partial charge on any atom is -0.353 e. The highest BCUT2D eigenvalue weighted by Gasteiger charge is 2.35. The number of piperazine rings is 1. The summed E-state index contributed by atoms with van der Waals surface area (Å²) >= 11 is 0. The SMILES string of the molecule is CCC1C(=O)NCCN1C1CCC(N)C1. The van der Waals surface area contributed by atoms with Gasteiger partial charge in [0.05, 0.1) is 6.04 Å². The fourth-order valence-electron chi connectivity index (χ4n) is 2.88. The topological polar surface area (TPSA) is 58.4 Å². The third-order valence-corrected chi connectivity index (χ3v) is 3.67. The number of hydrogen-bond donors (Lipinski definition) is 2. The molecule has 15 heavy (non-hydrogen) atoms. The molecule has 3 unspecified atom stereocenters. The lowest BCUT2D eigenvalue weighted by atomic mass is 10.1. The van der Waals surface area contributed by atoms with Gasteiger partial charge in [-0.2, -0.15) is 0 Å². The Morgan fingerprint density at radius 1 is 1.53 bits per heavy atom. The highest BCUT2D eigenvalue weighted by Crippen LogP contribution is 2.26. The molecule has 0 aromatic heterocycles. The second-order valence-corrected chi connectivity index (χ2v) is 4.68. The molecule has 1 aliphatic carbocycles. The second kappa shape index (κ2) is 4.49. The minimum absolute atomic E-state index is 0.0778. The maximum atomic E-state index is 11.7. The van der Waals surface area contributed by atoms with E-state index >= 15 is 0 Å². The van der Waals surface area contributed by atoms with Crippen molar-refractivity contribution in [1.29, 1.82) is 0 Å². The second-order valence-electron chi connectivity index (χ2n) is 4.68. The molecule has 86 valence electrons. The Labute approximate surface area is 91.2 Å². The van der Waals surface area contributed by atoms with Crippen molar-refractivity contribution in [3.05, 3.63) is 0 Å². The summed E-state index contributed by atoms with van der Waals surface area (Å²) in [6.45, 7) is 3.86. The van der Waals surface area contributed by atoms with Crippen molar-refractivity contribution in [3.63, 3.8) is 0 Å². The number of carbonyl (C=O) groups excluding carboxylic acids is 1. The van der Waals surface area contributed by atoms with Crippen LogP contribution in [0.2, 0.25) is 0 Å². The summed E-state index contributed by atoms with van der Waals surface area (Å²) < 4.78 is 0. The van der Waals surface area contributed by atoms with E-state index in [1.165, 1.54) is 0 Å². The normalized spacial score (nSPS) is 38.0. The average Bonchev–Trinajstić information content (AvgIpc) is 2.64. The zero-order chi connectivity index (χ0) is 10.8. The maximum Gasteiger partial charge on any atom is 0.237 e. The predicted octanol–water partition coefficient (Wildman–Crippen LogP) is 0.0766. The van der Waals surface area contributed by atoms with Crippen LogP contribution in [0.5, 0.6) is 0 Å². The summed E-state index contributed by atoms with van der Waals surface area (Å²) in [7, 11) is 0. The first-order chi connectivity index (χ1) is 7.22. The quantitative estimate of drug-likeness (QED) is 0.680. The fourth-order valence-corrected chi connectivity index (χ4v) is 2.88. The molecule has 3 atom stereocenters. The first-order valence-electron chi connectivity index (χ1n) is 6.01. The molecule has 1 aliphatic heterocycles. The molecular formula is C11H21N3O. The van der Waals surface area contributed by atoms with Gasteiger partial charge in [-0.1, -0.05) is 6.92 Å². The van der Waals surface area contributed by atoms with Crippen LogP contribution >= 0.6 is 0 Å². The summed E-state index contributed by atoms with van der Waals surface area (Å²) in [6, 6.07) is 0.961. The van der Waals surface area contributed by atoms with Crippen LogP contribution in [0.4, 0.5) is 0 Å². The smallest absolute Gasteiger partial charge is 0.237 e. The molecule has 2 rings (SSSR count). The van der Waals surface area contributed by atoms with Gasteiger partial charge < -0.3 is 11.1 Å². The van der Waals surface area contributed by atoms with Crippen LogP contribution in [0, 0.1) is 0 Å². The van der Waals surface area contributed by atoms with Crippen molar-refractivity contribution in [3.8, 4) is 0 Å². The summed E-state index contributed by atoms with van der Waals surface area (Å²) in [6.07, 6.45) is 4.23. The molecule has 4 heteroatoms. The van der Waals surface area contributed by atoms with Crippen molar-refractivity contribution < 1.29 is 4.79 Å². The van der Waals surface area contributed by atoms with E-state index in [0.29, 0.717) is 12.1 Å². The number of hydrogen-bond acceptors (Lipinski definition) is 3. The van der Waals surface area contributed by atoms with Gasteiger partial charge in [0.2, 0.25) is 5.91 Å². The summed E-state index contributed by atoms with van der Waals surface area (Å²) in [4.78, 5) is 14.1. The number of rotatable bonds is 2. The summed E-state index contributed by atoms with van der Waals surface area (Å²) in [5, 5.41) is 2.94. The van der Waals surface area contributed by atoms with E-state index in [0.717, 1.165) is 38.8 Å². The number of nitrogens with zero attached hydrogens (tertiary/aromatic N) is 1. The first-order valence-corrected chi connectivity index (χ1v) is 6.01. The Balaban J connectivity index is 2.02. The molecule has 2 fully saturated rings. The van der Waals surface area contributed by atoms with E-state index in [4.69, 9.17) is 5.73 Å². The van der Waals surface area contributed by atoms with E-state index in [-0.39, 0.29) is 11.9 Å². The van der Waals surface area contributed by atoms with Crippen molar-refractivity contribution in [1.82, 2.24) is 10.2 Å². The predicted molar refractivity (Wildman–Crippen MR) is 59.4 cm³/mol. The first kappa shape index (κ1) is 10.9. The highest BCUT2D eigenvalue weighted by atomic mass is 16.2. The lowest BCUT2D eigenvalue weighted by Crippen LogP contribution is -2.57. The van der Waals surface area contributed by atoms with Gasteiger partial charge >= 0.3 is 0 Å². The van der Waals surface area contributed by atoms with Gasteiger partial charge in [-0.05, 0) is 25.7 Å². The van der Waals surface area contributed by atoms with Gasteiger partial charge in [-0.15, -0.1) is 0 Å². The molecule has 1 heterocycles. The molecule has 2 aliphatic rings. The minimum atomic E-state index is 0.0778. The lowest BCUT2D eigenvalue weighted by Gasteiger charge is -2.38. The van der Waals surface area contributed by atoms with Crippen LogP contribution in [0.1, 0.15) is 32.6 Å². The molecule has 0 bridgehead atoms. The Morgan fingerprint density at radius 2 is 2.33 bits per heavy atom. The molecule has 0 spiro atoms. The fraction of sp³-hybridized carbons (Fsp3) is 0.909. The van der Waals surface area contributed by atoms with Crippen LogP contribution in [0.25, 0.3) is 0 Å². The molecule has 0 aromatic carbocycles. The zero-order valence-electron chi connectivity index (χ0n) is 9.41. The third kappa shape index (κ3) is 2.16. The molecule has 1 amide bonds. The Bertz CT molecular complexity index is 244. The van der Waals surface area contributed by atoms with Crippen LogP contribution in [0.3, 0.4) is 0 Å². The van der Waals surface area contributed by atoms with Crippen molar-refractivity contribution in [2.45, 2.75) is 50.7 Å². The average molecular weight is 211 g/mol. The Kier molecular flexibility index (Phi) is 3.26. The van der Waals surface area contributed by atoms with Gasteiger partial charge in [0.15, 0.2) is 0 Å². The molecule has 1 saturated carbocycles. The Morgan fingerprint density at radius 3 is 2.93 bits per heavy atom. The zero-order valence-corrected chi connectivity index (χ0v) is 9.41. The van der Waals surface area contributed by atoms with Gasteiger partial charge in [0.1, 0.15) is 0 Å². The summed E-state index contributed by atoms with van der Waals surface area (Å²) in [5.74, 6) is 0.198. The van der Waals surface area contributed by atoms with Gasteiger partial charge in [0.25, 0.3) is 0 Å². The Hall–Kier alpha value is -0.610. The van der Waals surface area contributed by atoms with Crippen molar-refractivity contribution >= 4 is 5.91 Å². The summed E-state index contributed by atoms with van der Waals surface area (Å²) in [5.41, 5.74) is 5.93. The highest BCUT2D eigenvalue weighted by molar-refractivity contribution is 5.82. The molecule has 3 N–H and O–H groups in total. The van der Waals surface area contributed by atoms with Gasteiger partial charge in [0, 0.05) is 25.2 Å². The maximum absolute atomic E-state index is 11.7. The standard InChI is InChI=1S/C11H21N3O/c1-2-10-11(15)13-5-6-14(10)9-4-3-8(12)7-9/h8-10H,2-7,12H2,1H3,(H,13,15). The lowest BCUT2D eigenvalue weighted by molar-refractivity contribution is -0.130. The van der Waals surface area contributed by atoms with E-state index < -0.39 is 0 Å². The number of nitrogens with one attached hydrogen (secondary N) is 1. The van der Waals surface area contributed by atoms with Gasteiger partial charge in [-0.3, -0.25) is 9.69 Å². The van der Waals surface area contributed by atoms with E-state index in [1.807, 2.05) is 0 Å². The molecule has 0 aromatic rings. The largest absolute Gasteiger partial charge is 0.353 e. The van der Waals surface area contributed by atoms with E-state index in [2.05, 4.69) is 17.1 Å². The molecule has 0 radical (unpaired) electrons. The van der Waals surface area contributed by atoms with Gasteiger partial charge in [-0.25, -0.2) is 0 Å².